The summed E-state index contributed by atoms with van der Waals surface area (Å²) in [5, 5.41) is 7.41. The smallest absolute Gasteiger partial charge is 0.224 e. The Bertz CT molecular complexity index is 572. The zero-order valence-corrected chi connectivity index (χ0v) is 10.8. The summed E-state index contributed by atoms with van der Waals surface area (Å²) < 4.78 is 0. The lowest BCUT2D eigenvalue weighted by atomic mass is 10.1. The lowest BCUT2D eigenvalue weighted by Gasteiger charge is -2.23. The van der Waals surface area contributed by atoms with Gasteiger partial charge in [-0.05, 0) is 37.1 Å². The SMILES string of the molecule is O=C(Cc1c[nH]c2ncccc12)NC1CCCNC1. The number of carbonyl (C=O) groups is 1. The van der Waals surface area contributed by atoms with Crippen LogP contribution in [0.2, 0.25) is 0 Å². The van der Waals surface area contributed by atoms with Crippen LogP contribution in [0.25, 0.3) is 11.0 Å². The molecule has 1 atom stereocenters. The predicted molar refractivity (Wildman–Crippen MR) is 73.8 cm³/mol. The second kappa shape index (κ2) is 5.40. The van der Waals surface area contributed by atoms with Crippen LogP contribution in [0, 0.1) is 0 Å². The summed E-state index contributed by atoms with van der Waals surface area (Å²) in [6.07, 6.45) is 6.21. The van der Waals surface area contributed by atoms with E-state index in [9.17, 15) is 4.79 Å². The van der Waals surface area contributed by atoms with Crippen LogP contribution in [-0.4, -0.2) is 35.0 Å². The van der Waals surface area contributed by atoms with E-state index in [4.69, 9.17) is 0 Å². The third-order valence-corrected chi connectivity index (χ3v) is 3.55. The van der Waals surface area contributed by atoms with Gasteiger partial charge in [0.25, 0.3) is 0 Å². The van der Waals surface area contributed by atoms with E-state index in [1.807, 2.05) is 18.3 Å². The number of nitrogens with one attached hydrogen (secondary N) is 3. The van der Waals surface area contributed by atoms with Gasteiger partial charge in [0.1, 0.15) is 5.65 Å². The molecule has 2 aromatic heterocycles. The normalized spacial score (nSPS) is 19.5. The molecule has 2 aromatic rings. The Kier molecular flexibility index (Phi) is 3.46. The van der Waals surface area contributed by atoms with Crippen molar-refractivity contribution in [2.75, 3.05) is 13.1 Å². The van der Waals surface area contributed by atoms with E-state index in [0.717, 1.165) is 42.5 Å². The minimum absolute atomic E-state index is 0.0819. The number of amides is 1. The van der Waals surface area contributed by atoms with Gasteiger partial charge in [-0.2, -0.15) is 0 Å². The largest absolute Gasteiger partial charge is 0.352 e. The van der Waals surface area contributed by atoms with Crippen molar-refractivity contribution < 1.29 is 4.79 Å². The summed E-state index contributed by atoms with van der Waals surface area (Å²) >= 11 is 0. The van der Waals surface area contributed by atoms with Gasteiger partial charge in [0.2, 0.25) is 5.91 Å². The second-order valence-corrected chi connectivity index (χ2v) is 5.00. The summed E-state index contributed by atoms with van der Waals surface area (Å²) in [7, 11) is 0. The maximum absolute atomic E-state index is 12.0. The van der Waals surface area contributed by atoms with Crippen LogP contribution < -0.4 is 10.6 Å². The molecule has 3 heterocycles. The molecule has 5 nitrogen and oxygen atoms in total. The molecular weight excluding hydrogens is 240 g/mol. The van der Waals surface area contributed by atoms with Crippen molar-refractivity contribution >= 4 is 16.9 Å². The maximum atomic E-state index is 12.0. The molecule has 0 aliphatic carbocycles. The van der Waals surface area contributed by atoms with Crippen LogP contribution in [0.1, 0.15) is 18.4 Å². The number of rotatable bonds is 3. The molecule has 0 aromatic carbocycles. The van der Waals surface area contributed by atoms with Crippen LogP contribution in [0.4, 0.5) is 0 Å². The number of H-pyrrole nitrogens is 1. The first-order chi connectivity index (χ1) is 9.33. The van der Waals surface area contributed by atoms with Crippen molar-refractivity contribution in [1.82, 2.24) is 20.6 Å². The zero-order valence-electron chi connectivity index (χ0n) is 10.8. The highest BCUT2D eigenvalue weighted by molar-refractivity contribution is 5.87. The molecule has 19 heavy (non-hydrogen) atoms. The third kappa shape index (κ3) is 2.76. The number of fused-ring (bicyclic) bond motifs is 1. The van der Waals surface area contributed by atoms with E-state index in [1.54, 1.807) is 6.20 Å². The number of pyridine rings is 1. The third-order valence-electron chi connectivity index (χ3n) is 3.55. The van der Waals surface area contributed by atoms with Gasteiger partial charge in [0.15, 0.2) is 0 Å². The van der Waals surface area contributed by atoms with Gasteiger partial charge >= 0.3 is 0 Å². The average molecular weight is 258 g/mol. The predicted octanol–water partition coefficient (Wildman–Crippen LogP) is 0.974. The summed E-state index contributed by atoms with van der Waals surface area (Å²) in [4.78, 5) is 19.4. The fourth-order valence-electron chi connectivity index (χ4n) is 2.59. The molecule has 1 fully saturated rings. The first kappa shape index (κ1) is 12.2. The maximum Gasteiger partial charge on any atom is 0.224 e. The van der Waals surface area contributed by atoms with Crippen LogP contribution in [0.3, 0.4) is 0 Å². The highest BCUT2D eigenvalue weighted by Gasteiger charge is 2.16. The number of piperidine rings is 1. The molecule has 0 bridgehead atoms. The average Bonchev–Trinajstić information content (AvgIpc) is 2.83. The molecule has 0 saturated carbocycles. The number of aromatic nitrogens is 2. The molecule has 1 unspecified atom stereocenters. The van der Waals surface area contributed by atoms with Crippen LogP contribution >= 0.6 is 0 Å². The Morgan fingerprint density at radius 3 is 3.32 bits per heavy atom. The molecule has 0 radical (unpaired) electrons. The molecule has 3 rings (SSSR count). The minimum Gasteiger partial charge on any atom is -0.352 e. The van der Waals surface area contributed by atoms with Crippen LogP contribution in [0.5, 0.6) is 0 Å². The minimum atomic E-state index is 0.0819. The quantitative estimate of drug-likeness (QED) is 0.768. The number of hydrogen-bond acceptors (Lipinski definition) is 3. The molecule has 1 saturated heterocycles. The number of hydrogen-bond donors (Lipinski definition) is 3. The zero-order chi connectivity index (χ0) is 13.1. The first-order valence-corrected chi connectivity index (χ1v) is 6.74. The van der Waals surface area contributed by atoms with Crippen molar-refractivity contribution in [3.8, 4) is 0 Å². The lowest BCUT2D eigenvalue weighted by molar-refractivity contribution is -0.121. The van der Waals surface area contributed by atoms with Crippen molar-refractivity contribution in [2.45, 2.75) is 25.3 Å². The topological polar surface area (TPSA) is 69.8 Å². The summed E-state index contributed by atoms with van der Waals surface area (Å²) in [6, 6.07) is 4.15. The van der Waals surface area contributed by atoms with Crippen molar-refractivity contribution in [1.29, 1.82) is 0 Å². The molecule has 1 amide bonds. The van der Waals surface area contributed by atoms with Gasteiger partial charge in [-0.25, -0.2) is 4.98 Å². The van der Waals surface area contributed by atoms with Gasteiger partial charge < -0.3 is 15.6 Å². The van der Waals surface area contributed by atoms with Gasteiger partial charge in [0.05, 0.1) is 6.42 Å². The van der Waals surface area contributed by atoms with Gasteiger partial charge in [0, 0.05) is 30.4 Å². The highest BCUT2D eigenvalue weighted by Crippen LogP contribution is 2.16. The fraction of sp³-hybridized carbons (Fsp3) is 0.429. The van der Waals surface area contributed by atoms with Crippen LogP contribution in [-0.2, 0) is 11.2 Å². The molecule has 5 heteroatoms. The van der Waals surface area contributed by atoms with E-state index in [0.29, 0.717) is 6.42 Å². The van der Waals surface area contributed by atoms with E-state index in [2.05, 4.69) is 20.6 Å². The number of carbonyl (C=O) groups excluding carboxylic acids is 1. The highest BCUT2D eigenvalue weighted by atomic mass is 16.1. The summed E-state index contributed by atoms with van der Waals surface area (Å²) in [6.45, 7) is 1.93. The molecular formula is C14H18N4O. The summed E-state index contributed by atoms with van der Waals surface area (Å²) in [5.74, 6) is 0.0819. The monoisotopic (exact) mass is 258 g/mol. The Labute approximate surface area is 111 Å². The number of nitrogens with zero attached hydrogens (tertiary/aromatic N) is 1. The van der Waals surface area contributed by atoms with E-state index >= 15 is 0 Å². The van der Waals surface area contributed by atoms with E-state index < -0.39 is 0 Å². The van der Waals surface area contributed by atoms with Gasteiger partial charge in [-0.15, -0.1) is 0 Å². The molecule has 3 N–H and O–H groups in total. The molecule has 100 valence electrons. The molecule has 0 spiro atoms. The van der Waals surface area contributed by atoms with Crippen molar-refractivity contribution in [3.63, 3.8) is 0 Å². The standard InChI is InChI=1S/C14H18N4O/c19-13(18-11-3-1-5-15-9-11)7-10-8-17-14-12(10)4-2-6-16-14/h2,4,6,8,11,15H,1,3,5,7,9H2,(H,16,17)(H,18,19). The van der Waals surface area contributed by atoms with Gasteiger partial charge in [-0.1, -0.05) is 0 Å². The van der Waals surface area contributed by atoms with E-state index in [-0.39, 0.29) is 11.9 Å². The Balaban J connectivity index is 1.65. The summed E-state index contributed by atoms with van der Waals surface area (Å²) in [5.41, 5.74) is 1.84. The van der Waals surface area contributed by atoms with Gasteiger partial charge in [-0.3, -0.25) is 4.79 Å². The van der Waals surface area contributed by atoms with E-state index in [1.165, 1.54) is 0 Å². The van der Waals surface area contributed by atoms with Crippen molar-refractivity contribution in [2.24, 2.45) is 0 Å². The Morgan fingerprint density at radius 2 is 2.47 bits per heavy atom. The van der Waals surface area contributed by atoms with Crippen molar-refractivity contribution in [3.05, 3.63) is 30.1 Å². The second-order valence-electron chi connectivity index (χ2n) is 5.00. The Morgan fingerprint density at radius 1 is 1.53 bits per heavy atom. The number of aromatic amines is 1. The molecule has 1 aliphatic heterocycles. The molecule has 1 aliphatic rings. The first-order valence-electron chi connectivity index (χ1n) is 6.74. The Hall–Kier alpha value is -1.88. The lowest BCUT2D eigenvalue weighted by Crippen LogP contribution is -2.46. The van der Waals surface area contributed by atoms with Crippen LogP contribution in [0.15, 0.2) is 24.5 Å². The fourth-order valence-corrected chi connectivity index (χ4v) is 2.59.